The van der Waals surface area contributed by atoms with Gasteiger partial charge in [0.25, 0.3) is 0 Å². The van der Waals surface area contributed by atoms with Crippen molar-refractivity contribution in [3.63, 3.8) is 0 Å². The third-order valence-electron chi connectivity index (χ3n) is 19.5. The molecule has 4 amide bonds. The highest BCUT2D eigenvalue weighted by Crippen LogP contribution is 2.40. The van der Waals surface area contributed by atoms with E-state index in [1.807, 2.05) is 0 Å². The first-order chi connectivity index (χ1) is 51.8. The van der Waals surface area contributed by atoms with Gasteiger partial charge in [0.15, 0.2) is 44.0 Å². The molecule has 8 aliphatic heterocycles. The lowest BCUT2D eigenvalue weighted by Crippen LogP contribution is -2.71. The van der Waals surface area contributed by atoms with Crippen molar-refractivity contribution in [1.29, 1.82) is 0 Å². The average Bonchev–Trinajstić information content (AvgIpc) is 0.771. The molecule has 109 heavy (non-hydrogen) atoms. The van der Waals surface area contributed by atoms with Crippen molar-refractivity contribution in [2.45, 2.75) is 273 Å². The van der Waals surface area contributed by atoms with Crippen LogP contribution in [0.3, 0.4) is 0 Å². The van der Waals surface area contributed by atoms with Crippen molar-refractivity contribution >= 4 is 23.6 Å². The number of carbonyl (C=O) groups excluding carboxylic acids is 4. The summed E-state index contributed by atoms with van der Waals surface area (Å²) in [4.78, 5) is 51.1. The summed E-state index contributed by atoms with van der Waals surface area (Å²) in [5, 5.41) is 244. The number of ether oxygens (including phenoxy) is 17. The minimum atomic E-state index is -2.51. The molecule has 624 valence electrons. The van der Waals surface area contributed by atoms with Gasteiger partial charge in [0, 0.05) is 27.7 Å². The van der Waals surface area contributed by atoms with Crippen LogP contribution in [-0.4, -0.2) is 436 Å². The van der Waals surface area contributed by atoms with Crippen LogP contribution in [0.4, 0.5) is 0 Å². The predicted octanol–water partition coefficient (Wildman–Crippen LogP) is -15.8. The summed E-state index contributed by atoms with van der Waals surface area (Å²) >= 11 is 0. The lowest BCUT2D eigenvalue weighted by Gasteiger charge is -2.51. The number of aliphatic hydroxyl groups excluding tert-OH is 21. The molecular weight excluding hydrogens is 1480 g/mol. The fourth-order valence-corrected chi connectivity index (χ4v) is 13.8. The summed E-state index contributed by atoms with van der Waals surface area (Å²) < 4.78 is 101. The van der Waals surface area contributed by atoms with Gasteiger partial charge in [0.1, 0.15) is 207 Å². The molecule has 0 bridgehead atoms. The standard InChI is InChI=1S/C63H100N4O42/c1-18(75)64-32-41(84)36(79)24(10-68)96-57(32)109-55-47(90)39(82)27(13-71)99-63(55)107-53-40(83)31(17-94-62-54(46(89)38(81)26(12-70)98-62)108-59-35(67-21(4)78)44(87)51(29(15-73)102-59)105-60-48(91)45(88)37(80)25(11-69)97-60)103-61(49(53)92)106-52-30(16-74)101-58(34(43(52)86)66-20(3)77)104-50-28(14-72)100-56(33(42(50)85)65-19(2)76)95-23-8-6-22(93-5)7-9-23/h6-9,24-63,68-74,79-92H,10-17H2,1-5H3,(H,64,75)(H,65,76)(H,66,77)(H,67,78). The zero-order chi connectivity index (χ0) is 79.9. The van der Waals surface area contributed by atoms with Crippen LogP contribution in [0.15, 0.2) is 24.3 Å². The van der Waals surface area contributed by atoms with Crippen LogP contribution in [0, 0.1) is 0 Å². The average molecular weight is 1590 g/mol. The van der Waals surface area contributed by atoms with E-state index in [4.69, 9.17) is 80.5 Å². The second kappa shape index (κ2) is 39.1. The molecule has 8 heterocycles. The highest BCUT2D eigenvalue weighted by molar-refractivity contribution is 5.74. The Hall–Kier alpha value is -4.74. The van der Waals surface area contributed by atoms with E-state index in [0.717, 1.165) is 27.7 Å². The molecule has 0 aliphatic carbocycles. The number of nitrogens with one attached hydrogen (secondary N) is 4. The van der Waals surface area contributed by atoms with Crippen molar-refractivity contribution < 1.29 is 207 Å². The lowest BCUT2D eigenvalue weighted by atomic mass is 9.93. The van der Waals surface area contributed by atoms with Gasteiger partial charge in [0.05, 0.1) is 60.0 Å². The second-order valence-corrected chi connectivity index (χ2v) is 27.1. The third-order valence-corrected chi connectivity index (χ3v) is 19.5. The minimum absolute atomic E-state index is 0.144. The lowest BCUT2D eigenvalue weighted by molar-refractivity contribution is -0.396. The van der Waals surface area contributed by atoms with Crippen LogP contribution in [-0.2, 0) is 90.2 Å². The molecule has 0 saturated carbocycles. The molecule has 0 aromatic heterocycles. The molecule has 46 nitrogen and oxygen atoms in total. The quantitative estimate of drug-likeness (QED) is 0.0354. The molecule has 8 aliphatic rings. The zero-order valence-corrected chi connectivity index (χ0v) is 59.0. The summed E-state index contributed by atoms with van der Waals surface area (Å²) in [5.74, 6) is -2.81. The number of aliphatic hydroxyl groups is 21. The van der Waals surface area contributed by atoms with Gasteiger partial charge >= 0.3 is 0 Å². The van der Waals surface area contributed by atoms with Crippen LogP contribution in [0.1, 0.15) is 27.7 Å². The Morgan fingerprint density at radius 3 is 1.00 bits per heavy atom. The number of hydrogen-bond donors (Lipinski definition) is 25. The van der Waals surface area contributed by atoms with E-state index in [0.29, 0.717) is 5.75 Å². The van der Waals surface area contributed by atoms with Gasteiger partial charge in [-0.05, 0) is 24.3 Å². The first-order valence-corrected chi connectivity index (χ1v) is 34.7. The fraction of sp³-hybridized carbons (Fsp3) is 0.841. The molecule has 9 rings (SSSR count). The topological polar surface area (TPSA) is 698 Å². The third kappa shape index (κ3) is 20.0. The van der Waals surface area contributed by atoms with Crippen LogP contribution >= 0.6 is 0 Å². The molecule has 0 radical (unpaired) electrons. The summed E-state index contributed by atoms with van der Waals surface area (Å²) in [6.07, 6.45) is -73.0. The van der Waals surface area contributed by atoms with Gasteiger partial charge in [-0.2, -0.15) is 0 Å². The maximum Gasteiger partial charge on any atom is 0.223 e. The van der Waals surface area contributed by atoms with Crippen molar-refractivity contribution in [3.8, 4) is 11.5 Å². The molecular formula is C63H100N4O42. The molecule has 1 aromatic carbocycles. The fourth-order valence-electron chi connectivity index (χ4n) is 13.8. The number of carbonyl (C=O) groups is 4. The smallest absolute Gasteiger partial charge is 0.223 e. The molecule has 40 atom stereocenters. The normalized spacial score (nSPS) is 45.6. The second-order valence-electron chi connectivity index (χ2n) is 27.1. The summed E-state index contributed by atoms with van der Waals surface area (Å²) in [5.41, 5.74) is 0. The Bertz CT molecular complexity index is 3040. The summed E-state index contributed by atoms with van der Waals surface area (Å²) in [6, 6.07) is -1.03. The van der Waals surface area contributed by atoms with Gasteiger partial charge in [0.2, 0.25) is 29.9 Å². The highest BCUT2D eigenvalue weighted by atomic mass is 16.8. The monoisotopic (exact) mass is 1580 g/mol. The minimum Gasteiger partial charge on any atom is -0.497 e. The van der Waals surface area contributed by atoms with Crippen molar-refractivity contribution in [3.05, 3.63) is 24.3 Å². The van der Waals surface area contributed by atoms with E-state index >= 15 is 0 Å². The Balaban J connectivity index is 1.04. The number of benzene rings is 1. The molecule has 25 N–H and O–H groups in total. The van der Waals surface area contributed by atoms with Gasteiger partial charge in [-0.1, -0.05) is 0 Å². The van der Waals surface area contributed by atoms with E-state index in [1.165, 1.54) is 31.4 Å². The molecule has 1 aromatic rings. The number of amides is 4. The molecule has 46 heteroatoms. The number of rotatable bonds is 29. The largest absolute Gasteiger partial charge is 0.497 e. The predicted molar refractivity (Wildman–Crippen MR) is 342 cm³/mol. The summed E-state index contributed by atoms with van der Waals surface area (Å²) in [7, 11) is 1.42. The van der Waals surface area contributed by atoms with Crippen molar-refractivity contribution in [2.75, 3.05) is 60.0 Å². The van der Waals surface area contributed by atoms with E-state index in [9.17, 15) is 126 Å². The first-order valence-electron chi connectivity index (χ1n) is 34.7. The van der Waals surface area contributed by atoms with Gasteiger partial charge in [-0.25, -0.2) is 0 Å². The van der Waals surface area contributed by atoms with Crippen LogP contribution in [0.2, 0.25) is 0 Å². The Morgan fingerprint density at radius 2 is 0.587 bits per heavy atom. The van der Waals surface area contributed by atoms with E-state index in [2.05, 4.69) is 21.3 Å². The van der Waals surface area contributed by atoms with Gasteiger partial charge in [-0.3, -0.25) is 19.2 Å². The molecule has 8 saturated heterocycles. The van der Waals surface area contributed by atoms with Gasteiger partial charge in [-0.15, -0.1) is 0 Å². The summed E-state index contributed by atoms with van der Waals surface area (Å²) in [6.45, 7) is -4.44. The Morgan fingerprint density at radius 1 is 0.294 bits per heavy atom. The SMILES string of the molecule is COc1ccc(OC2OC(CO)C(OC3OC(CO)C(OC4OC(COC5OC(CO)C(O)C(O)C5OC5OC(CO)C(OC6OC(CO)C(O)C(O)C6O)C(O)C5NC(C)=O)C(O)C(OC5OC(CO)C(O)C(O)C5OC5OC(CO)C(O)C(O)C5NC(C)=O)C4O)C(O)C3NC(C)=O)C(O)C2NC(C)=O)cc1. The maximum atomic E-state index is 13.1. The van der Waals surface area contributed by atoms with E-state index in [1.54, 1.807) is 0 Å². The van der Waals surface area contributed by atoms with Gasteiger partial charge < -0.3 is 209 Å². The Kier molecular flexibility index (Phi) is 31.6. The highest BCUT2D eigenvalue weighted by Gasteiger charge is 2.60. The van der Waals surface area contributed by atoms with Crippen LogP contribution in [0.5, 0.6) is 11.5 Å². The number of hydrogen-bond acceptors (Lipinski definition) is 42. The molecule has 8 fully saturated rings. The van der Waals surface area contributed by atoms with E-state index < -0.39 is 322 Å². The van der Waals surface area contributed by atoms with Crippen LogP contribution in [0.25, 0.3) is 0 Å². The zero-order valence-electron chi connectivity index (χ0n) is 59.0. The Labute approximate surface area is 619 Å². The maximum absolute atomic E-state index is 13.1. The van der Waals surface area contributed by atoms with Crippen molar-refractivity contribution in [1.82, 2.24) is 21.3 Å². The number of methoxy groups -OCH3 is 1. The molecule has 40 unspecified atom stereocenters. The molecule has 0 spiro atoms. The van der Waals surface area contributed by atoms with E-state index in [-0.39, 0.29) is 5.75 Å². The first kappa shape index (κ1) is 88.2. The van der Waals surface area contributed by atoms with Crippen LogP contribution < -0.4 is 30.7 Å². The van der Waals surface area contributed by atoms with Crippen molar-refractivity contribution in [2.24, 2.45) is 0 Å².